The maximum atomic E-state index is 11.8. The Balaban J connectivity index is 2.36. The van der Waals surface area contributed by atoms with Crippen LogP contribution in [0.5, 0.6) is 5.75 Å². The minimum atomic E-state index is -3.48. The summed E-state index contributed by atoms with van der Waals surface area (Å²) in [4.78, 5) is 7.98. The Morgan fingerprint density at radius 1 is 1.26 bits per heavy atom. The summed E-state index contributed by atoms with van der Waals surface area (Å²) < 4.78 is 29.1. The summed E-state index contributed by atoms with van der Waals surface area (Å²) in [6.07, 6.45) is 1.09. The lowest BCUT2D eigenvalue weighted by Crippen LogP contribution is -2.16. The van der Waals surface area contributed by atoms with Gasteiger partial charge in [-0.15, -0.1) is 0 Å². The zero-order chi connectivity index (χ0) is 13.6. The second kappa shape index (κ2) is 3.92. The van der Waals surface area contributed by atoms with Crippen molar-refractivity contribution < 1.29 is 13.2 Å². The Hall–Kier alpha value is -2.15. The van der Waals surface area contributed by atoms with E-state index in [4.69, 9.17) is 10.5 Å². The molecule has 0 saturated heterocycles. The van der Waals surface area contributed by atoms with Gasteiger partial charge >= 0.3 is 0 Å². The summed E-state index contributed by atoms with van der Waals surface area (Å²) >= 11 is 0. The summed E-state index contributed by atoms with van der Waals surface area (Å²) in [7, 11) is -3.48. The fourth-order valence-electron chi connectivity index (χ4n) is 2.08. The van der Waals surface area contributed by atoms with E-state index in [0.29, 0.717) is 17.0 Å². The fraction of sp³-hybridized carbons (Fsp3) is 0.167. The van der Waals surface area contributed by atoms with E-state index in [1.807, 2.05) is 18.2 Å². The normalized spacial score (nSPS) is 13.3. The molecule has 0 spiro atoms. The highest BCUT2D eigenvalue weighted by atomic mass is 32.2. The molecule has 0 atom stereocenters. The van der Waals surface area contributed by atoms with Crippen molar-refractivity contribution in [1.29, 1.82) is 0 Å². The van der Waals surface area contributed by atoms with Crippen molar-refractivity contribution in [3.8, 4) is 17.0 Å². The topological polar surface area (TPSA) is 95.2 Å². The van der Waals surface area contributed by atoms with Crippen LogP contribution < -0.4 is 10.5 Å². The molecule has 98 valence electrons. The average molecular weight is 277 g/mol. The number of nitrogen functional groups attached to an aromatic ring is 1. The summed E-state index contributed by atoms with van der Waals surface area (Å²) in [5.74, 6) is 0.600. The molecule has 2 N–H and O–H groups in total. The predicted molar refractivity (Wildman–Crippen MR) is 69.3 cm³/mol. The van der Waals surface area contributed by atoms with E-state index in [9.17, 15) is 8.42 Å². The number of aromatic nitrogens is 2. The van der Waals surface area contributed by atoms with Crippen molar-refractivity contribution in [3.63, 3.8) is 0 Å². The molecule has 0 bridgehead atoms. The highest BCUT2D eigenvalue weighted by Gasteiger charge is 2.27. The van der Waals surface area contributed by atoms with Crippen LogP contribution in [0.15, 0.2) is 29.3 Å². The van der Waals surface area contributed by atoms with Gasteiger partial charge in [-0.25, -0.2) is 18.4 Å². The summed E-state index contributed by atoms with van der Waals surface area (Å²) in [5.41, 5.74) is 7.31. The molecule has 0 saturated carbocycles. The molecule has 6 nitrogen and oxygen atoms in total. The molecule has 0 amide bonds. The third-order valence-electron chi connectivity index (χ3n) is 2.85. The number of para-hydroxylation sites is 1. The first-order valence-corrected chi connectivity index (χ1v) is 7.44. The van der Waals surface area contributed by atoms with Gasteiger partial charge in [-0.3, -0.25) is 0 Å². The number of nitrogens with zero attached hydrogens (tertiary/aromatic N) is 2. The molecule has 3 rings (SSSR count). The van der Waals surface area contributed by atoms with Crippen molar-refractivity contribution in [2.45, 2.75) is 11.6 Å². The molecule has 19 heavy (non-hydrogen) atoms. The minimum Gasteiger partial charge on any atom is -0.488 e. The molecule has 1 aliphatic heterocycles. The van der Waals surface area contributed by atoms with Gasteiger partial charge in [0.2, 0.25) is 5.95 Å². The number of rotatable bonds is 1. The van der Waals surface area contributed by atoms with Crippen LogP contribution in [0.2, 0.25) is 0 Å². The Morgan fingerprint density at radius 2 is 2.00 bits per heavy atom. The number of fused-ring (bicyclic) bond motifs is 3. The van der Waals surface area contributed by atoms with E-state index in [0.717, 1.165) is 11.8 Å². The van der Waals surface area contributed by atoms with Crippen LogP contribution in [0, 0.1) is 0 Å². The first-order valence-electron chi connectivity index (χ1n) is 5.55. The Kier molecular flexibility index (Phi) is 2.46. The molecule has 1 aromatic carbocycles. The number of hydrogen-bond acceptors (Lipinski definition) is 6. The molecular formula is C12H11N3O3S. The molecular weight excluding hydrogens is 266 g/mol. The maximum Gasteiger partial charge on any atom is 0.221 e. The lowest BCUT2D eigenvalue weighted by Gasteiger charge is -2.21. The number of benzene rings is 1. The molecule has 1 aliphatic rings. The van der Waals surface area contributed by atoms with Crippen LogP contribution in [0.4, 0.5) is 5.95 Å². The summed E-state index contributed by atoms with van der Waals surface area (Å²) in [5, 5.41) is -0.0653. The van der Waals surface area contributed by atoms with E-state index in [2.05, 4.69) is 9.97 Å². The monoisotopic (exact) mass is 277 g/mol. The van der Waals surface area contributed by atoms with Gasteiger partial charge in [-0.2, -0.15) is 0 Å². The third-order valence-corrected chi connectivity index (χ3v) is 3.89. The van der Waals surface area contributed by atoms with Crippen LogP contribution in [-0.4, -0.2) is 24.6 Å². The van der Waals surface area contributed by atoms with Crippen LogP contribution in [0.1, 0.15) is 5.56 Å². The van der Waals surface area contributed by atoms with Gasteiger partial charge in [-0.1, -0.05) is 12.1 Å². The molecule has 0 aliphatic carbocycles. The van der Waals surface area contributed by atoms with E-state index in [-0.39, 0.29) is 17.6 Å². The Labute approximate surface area is 110 Å². The highest BCUT2D eigenvalue weighted by Crippen LogP contribution is 2.38. The quantitative estimate of drug-likeness (QED) is 0.782. The number of sulfone groups is 1. The standard InChI is InChI=1S/C12H11N3O3S/c1-19(16,17)11-8-6-18-9-5-3-2-4-7(9)10(8)14-12(13)15-11/h2-5H,6H2,1H3,(H2,13,14,15). The minimum absolute atomic E-state index is 0.0594. The predicted octanol–water partition coefficient (Wildman–Crippen LogP) is 1.02. The zero-order valence-corrected chi connectivity index (χ0v) is 10.9. The van der Waals surface area contributed by atoms with Gasteiger partial charge in [-0.05, 0) is 12.1 Å². The molecule has 0 unspecified atom stereocenters. The molecule has 0 fully saturated rings. The average Bonchev–Trinajstić information content (AvgIpc) is 2.36. The molecule has 1 aromatic heterocycles. The van der Waals surface area contributed by atoms with Gasteiger partial charge in [0.1, 0.15) is 12.4 Å². The molecule has 7 heteroatoms. The zero-order valence-electron chi connectivity index (χ0n) is 10.1. The van der Waals surface area contributed by atoms with E-state index >= 15 is 0 Å². The Morgan fingerprint density at radius 3 is 2.74 bits per heavy atom. The molecule has 2 heterocycles. The maximum absolute atomic E-state index is 11.8. The number of nitrogens with two attached hydrogens (primary N) is 1. The van der Waals surface area contributed by atoms with Crippen molar-refractivity contribution in [2.24, 2.45) is 0 Å². The molecule has 0 radical (unpaired) electrons. The highest BCUT2D eigenvalue weighted by molar-refractivity contribution is 7.90. The van der Waals surface area contributed by atoms with Crippen molar-refractivity contribution in [2.75, 3.05) is 12.0 Å². The van der Waals surface area contributed by atoms with Gasteiger partial charge < -0.3 is 10.5 Å². The van der Waals surface area contributed by atoms with E-state index < -0.39 is 9.84 Å². The Bertz CT molecular complexity index is 772. The van der Waals surface area contributed by atoms with Crippen molar-refractivity contribution in [3.05, 3.63) is 29.8 Å². The second-order valence-corrected chi connectivity index (χ2v) is 6.20. The number of anilines is 1. The first kappa shape index (κ1) is 11.9. The summed E-state index contributed by atoms with van der Waals surface area (Å²) in [6, 6.07) is 7.28. The van der Waals surface area contributed by atoms with Crippen LogP contribution >= 0.6 is 0 Å². The second-order valence-electron chi connectivity index (χ2n) is 4.27. The van der Waals surface area contributed by atoms with Gasteiger partial charge in [0, 0.05) is 11.8 Å². The van der Waals surface area contributed by atoms with Gasteiger partial charge in [0.05, 0.1) is 11.3 Å². The lowest BCUT2D eigenvalue weighted by atomic mass is 10.0. The lowest BCUT2D eigenvalue weighted by molar-refractivity contribution is 0.297. The van der Waals surface area contributed by atoms with E-state index in [1.165, 1.54) is 0 Å². The molecule has 2 aromatic rings. The van der Waals surface area contributed by atoms with E-state index in [1.54, 1.807) is 6.07 Å². The smallest absolute Gasteiger partial charge is 0.221 e. The number of ether oxygens (including phenoxy) is 1. The van der Waals surface area contributed by atoms with Gasteiger partial charge in [0.15, 0.2) is 14.9 Å². The van der Waals surface area contributed by atoms with Crippen LogP contribution in [0.25, 0.3) is 11.3 Å². The fourth-order valence-corrected chi connectivity index (χ4v) is 2.94. The van der Waals surface area contributed by atoms with Crippen LogP contribution in [0.3, 0.4) is 0 Å². The van der Waals surface area contributed by atoms with Crippen molar-refractivity contribution in [1.82, 2.24) is 9.97 Å². The van der Waals surface area contributed by atoms with Crippen LogP contribution in [-0.2, 0) is 16.4 Å². The van der Waals surface area contributed by atoms with Gasteiger partial charge in [0.25, 0.3) is 0 Å². The third kappa shape index (κ3) is 1.91. The SMILES string of the molecule is CS(=O)(=O)c1nc(N)nc2c1COc1ccccc1-2. The first-order chi connectivity index (χ1) is 8.97. The van der Waals surface area contributed by atoms with Crippen molar-refractivity contribution >= 4 is 15.8 Å². The number of hydrogen-bond donors (Lipinski definition) is 1. The summed E-state index contributed by atoms with van der Waals surface area (Å²) in [6.45, 7) is 0.120. The largest absolute Gasteiger partial charge is 0.488 e.